The van der Waals surface area contributed by atoms with Gasteiger partial charge in [0.1, 0.15) is 5.75 Å². The van der Waals surface area contributed by atoms with E-state index in [2.05, 4.69) is 40.4 Å². The van der Waals surface area contributed by atoms with Crippen molar-refractivity contribution in [2.75, 3.05) is 16.8 Å². The van der Waals surface area contributed by atoms with Crippen molar-refractivity contribution < 1.29 is 19.4 Å². The molecular formula is C25H30BrN3O4. The predicted molar refractivity (Wildman–Crippen MR) is 131 cm³/mol. The molecule has 0 saturated heterocycles. The van der Waals surface area contributed by atoms with Gasteiger partial charge in [0, 0.05) is 21.8 Å². The Morgan fingerprint density at radius 3 is 2.67 bits per heavy atom. The molecule has 176 valence electrons. The van der Waals surface area contributed by atoms with Crippen LogP contribution < -0.4 is 20.3 Å². The molecule has 0 unspecified atom stereocenters. The first kappa shape index (κ1) is 23.6. The third kappa shape index (κ3) is 4.34. The number of benzene rings is 2. The number of rotatable bonds is 5. The molecule has 4 atom stereocenters. The molecule has 2 aromatic rings. The van der Waals surface area contributed by atoms with Crippen LogP contribution in [-0.2, 0) is 10.5 Å². The predicted octanol–water partition coefficient (Wildman–Crippen LogP) is 4.99. The van der Waals surface area contributed by atoms with E-state index < -0.39 is 17.7 Å². The fourth-order valence-corrected chi connectivity index (χ4v) is 5.15. The fourth-order valence-electron chi connectivity index (χ4n) is 4.79. The van der Waals surface area contributed by atoms with Gasteiger partial charge in [0.25, 0.3) is 11.6 Å². The minimum Gasteiger partial charge on any atom is -0.494 e. The van der Waals surface area contributed by atoms with Gasteiger partial charge < -0.3 is 20.5 Å². The second-order valence-corrected chi connectivity index (χ2v) is 9.82. The number of amides is 3. The SMILES string of the molecule is CCOc1ccc(N2C(=O)Nc3ccc(Br)cc3[C@@]2(O)C(=O)N[C@@H]2CCC[C@H](C)[C@@H]2C)cc1. The largest absolute Gasteiger partial charge is 0.494 e. The van der Waals surface area contributed by atoms with Crippen molar-refractivity contribution in [1.82, 2.24) is 5.32 Å². The van der Waals surface area contributed by atoms with Gasteiger partial charge in [0.05, 0.1) is 12.3 Å². The van der Waals surface area contributed by atoms with E-state index in [0.29, 0.717) is 39.7 Å². The highest BCUT2D eigenvalue weighted by molar-refractivity contribution is 9.10. The minimum absolute atomic E-state index is 0.0759. The number of nitrogens with one attached hydrogen (secondary N) is 2. The molecule has 1 saturated carbocycles. The van der Waals surface area contributed by atoms with Crippen molar-refractivity contribution in [2.45, 2.75) is 51.8 Å². The minimum atomic E-state index is -2.23. The maximum Gasteiger partial charge on any atom is 0.329 e. The normalized spacial score (nSPS) is 26.9. The summed E-state index contributed by atoms with van der Waals surface area (Å²) in [6, 6.07) is 11.2. The van der Waals surface area contributed by atoms with Crippen LogP contribution in [0.2, 0.25) is 0 Å². The third-order valence-corrected chi connectivity index (χ3v) is 7.36. The molecule has 1 heterocycles. The van der Waals surface area contributed by atoms with Crippen LogP contribution in [0.3, 0.4) is 0 Å². The third-order valence-electron chi connectivity index (χ3n) is 6.87. The van der Waals surface area contributed by atoms with Gasteiger partial charge in [0.15, 0.2) is 0 Å². The number of urea groups is 1. The van der Waals surface area contributed by atoms with Crippen LogP contribution in [0.1, 0.15) is 45.6 Å². The van der Waals surface area contributed by atoms with E-state index in [0.717, 1.165) is 24.2 Å². The Balaban J connectivity index is 1.77. The Kier molecular flexibility index (Phi) is 6.68. The van der Waals surface area contributed by atoms with Gasteiger partial charge >= 0.3 is 6.03 Å². The van der Waals surface area contributed by atoms with E-state index in [1.54, 1.807) is 42.5 Å². The lowest BCUT2D eigenvalue weighted by atomic mass is 9.78. The van der Waals surface area contributed by atoms with Crippen molar-refractivity contribution >= 4 is 39.2 Å². The van der Waals surface area contributed by atoms with Gasteiger partial charge in [-0.25, -0.2) is 4.79 Å². The zero-order valence-electron chi connectivity index (χ0n) is 19.1. The summed E-state index contributed by atoms with van der Waals surface area (Å²) in [5, 5.41) is 17.9. The number of aliphatic hydroxyl groups is 1. The Labute approximate surface area is 202 Å². The smallest absolute Gasteiger partial charge is 0.329 e. The van der Waals surface area contributed by atoms with E-state index in [1.807, 2.05) is 6.92 Å². The van der Waals surface area contributed by atoms with Crippen LogP contribution in [0.25, 0.3) is 0 Å². The molecule has 0 bridgehead atoms. The van der Waals surface area contributed by atoms with Crippen molar-refractivity contribution in [3.63, 3.8) is 0 Å². The highest BCUT2D eigenvalue weighted by atomic mass is 79.9. The fraction of sp³-hybridized carbons (Fsp3) is 0.440. The van der Waals surface area contributed by atoms with E-state index in [1.165, 1.54) is 0 Å². The summed E-state index contributed by atoms with van der Waals surface area (Å²) >= 11 is 3.43. The molecular weight excluding hydrogens is 486 g/mol. The Bertz CT molecular complexity index is 1040. The number of ether oxygens (including phenoxy) is 1. The zero-order chi connectivity index (χ0) is 23.8. The maximum absolute atomic E-state index is 13.8. The van der Waals surface area contributed by atoms with Crippen LogP contribution >= 0.6 is 15.9 Å². The average Bonchev–Trinajstić information content (AvgIpc) is 2.79. The quantitative estimate of drug-likeness (QED) is 0.523. The highest BCUT2D eigenvalue weighted by Crippen LogP contribution is 2.42. The second-order valence-electron chi connectivity index (χ2n) is 8.90. The number of halogens is 1. The van der Waals surface area contributed by atoms with Crippen molar-refractivity contribution in [1.29, 1.82) is 0 Å². The van der Waals surface area contributed by atoms with Crippen LogP contribution in [-0.4, -0.2) is 29.7 Å². The maximum atomic E-state index is 13.8. The molecule has 2 aliphatic rings. The number of carbonyl (C=O) groups excluding carboxylic acids is 2. The van der Waals surface area contributed by atoms with Crippen LogP contribution in [0.15, 0.2) is 46.9 Å². The molecule has 1 fully saturated rings. The molecule has 7 nitrogen and oxygen atoms in total. The van der Waals surface area contributed by atoms with Gasteiger partial charge in [-0.15, -0.1) is 0 Å². The first-order valence-electron chi connectivity index (χ1n) is 11.4. The summed E-state index contributed by atoms with van der Waals surface area (Å²) in [5.41, 5.74) is -1.15. The molecule has 3 N–H and O–H groups in total. The van der Waals surface area contributed by atoms with E-state index in [9.17, 15) is 14.7 Å². The average molecular weight is 516 g/mol. The lowest BCUT2D eigenvalue weighted by Crippen LogP contribution is -2.64. The molecule has 8 heteroatoms. The standard InChI is InChI=1S/C25H30BrN3O4/c1-4-33-19-11-9-18(10-12-19)29-24(31)28-22-13-8-17(26)14-20(22)25(29,32)23(30)27-21-7-5-6-15(2)16(21)3/h8-16,21,32H,4-7H2,1-3H3,(H,27,30)(H,28,31)/t15-,16-,21+,25+/m0/s1. The monoisotopic (exact) mass is 515 g/mol. The number of nitrogens with zero attached hydrogens (tertiary/aromatic N) is 1. The molecule has 2 aromatic carbocycles. The van der Waals surface area contributed by atoms with E-state index in [4.69, 9.17) is 4.74 Å². The van der Waals surface area contributed by atoms with Gasteiger partial charge in [-0.05, 0) is 67.6 Å². The number of hydrogen-bond donors (Lipinski definition) is 3. The summed E-state index contributed by atoms with van der Waals surface area (Å²) in [4.78, 5) is 28.1. The summed E-state index contributed by atoms with van der Waals surface area (Å²) in [7, 11) is 0. The number of fused-ring (bicyclic) bond motifs is 1. The number of carbonyl (C=O) groups is 2. The Morgan fingerprint density at radius 1 is 1.24 bits per heavy atom. The van der Waals surface area contributed by atoms with Crippen molar-refractivity contribution in [3.05, 3.63) is 52.5 Å². The van der Waals surface area contributed by atoms with Crippen molar-refractivity contribution in [3.8, 4) is 5.75 Å². The van der Waals surface area contributed by atoms with Gasteiger partial charge in [-0.3, -0.25) is 9.69 Å². The molecule has 0 radical (unpaired) electrons. The highest BCUT2D eigenvalue weighted by Gasteiger charge is 2.53. The topological polar surface area (TPSA) is 90.9 Å². The van der Waals surface area contributed by atoms with Crippen molar-refractivity contribution in [2.24, 2.45) is 11.8 Å². The van der Waals surface area contributed by atoms with E-state index in [-0.39, 0.29) is 12.0 Å². The second kappa shape index (κ2) is 9.35. The molecule has 1 aliphatic heterocycles. The number of hydrogen-bond acceptors (Lipinski definition) is 4. The first-order valence-corrected chi connectivity index (χ1v) is 12.2. The van der Waals surface area contributed by atoms with Crippen LogP contribution in [0, 0.1) is 11.8 Å². The summed E-state index contributed by atoms with van der Waals surface area (Å²) < 4.78 is 6.19. The van der Waals surface area contributed by atoms with E-state index >= 15 is 0 Å². The molecule has 33 heavy (non-hydrogen) atoms. The lowest BCUT2D eigenvalue weighted by Gasteiger charge is -2.44. The molecule has 1 aliphatic carbocycles. The molecule has 0 spiro atoms. The van der Waals surface area contributed by atoms with Crippen LogP contribution in [0.5, 0.6) is 5.75 Å². The summed E-state index contributed by atoms with van der Waals surface area (Å²) in [6.07, 6.45) is 2.97. The summed E-state index contributed by atoms with van der Waals surface area (Å²) in [5.74, 6) is 0.762. The molecule has 4 rings (SSSR count). The molecule has 3 amide bonds. The summed E-state index contributed by atoms with van der Waals surface area (Å²) in [6.45, 7) is 6.71. The Morgan fingerprint density at radius 2 is 1.97 bits per heavy atom. The number of anilines is 2. The van der Waals surface area contributed by atoms with Gasteiger partial charge in [0.2, 0.25) is 0 Å². The van der Waals surface area contributed by atoms with Gasteiger partial charge in [-0.2, -0.15) is 0 Å². The molecule has 0 aromatic heterocycles. The van der Waals surface area contributed by atoms with Gasteiger partial charge in [-0.1, -0.05) is 42.6 Å². The zero-order valence-corrected chi connectivity index (χ0v) is 20.7. The lowest BCUT2D eigenvalue weighted by molar-refractivity contribution is -0.141. The first-order chi connectivity index (χ1) is 15.8. The van der Waals surface area contributed by atoms with Crippen LogP contribution in [0.4, 0.5) is 16.2 Å². The Hall–Kier alpha value is -2.58.